The van der Waals surface area contributed by atoms with E-state index in [0.29, 0.717) is 15.8 Å². The van der Waals surface area contributed by atoms with Gasteiger partial charge in [-0.15, -0.1) is 0 Å². The Bertz CT molecular complexity index is 641. The minimum Gasteiger partial charge on any atom is -0.496 e. The molecule has 0 saturated heterocycles. The lowest BCUT2D eigenvalue weighted by atomic mass is 10.0. The Morgan fingerprint density at radius 1 is 1.11 bits per heavy atom. The van der Waals surface area contributed by atoms with Crippen molar-refractivity contribution < 1.29 is 13.9 Å². The second-order valence-corrected chi connectivity index (χ2v) is 5.57. The van der Waals surface area contributed by atoms with Gasteiger partial charge in [0, 0.05) is 14.5 Å². The van der Waals surface area contributed by atoms with Gasteiger partial charge in [0.05, 0.1) is 12.7 Å². The van der Waals surface area contributed by atoms with Crippen LogP contribution < -0.4 is 4.74 Å². The molecule has 0 aromatic heterocycles. The quantitative estimate of drug-likeness (QED) is 0.720. The standard InChI is InChI=1S/C14H9Br2FO2/c1-19-13-5-2-8(15)6-11(13)14(18)10-7-9(17)3-4-12(10)16/h2-7H,1H3. The maximum Gasteiger partial charge on any atom is 0.198 e. The van der Waals surface area contributed by atoms with Crippen LogP contribution in [0.4, 0.5) is 4.39 Å². The number of ketones is 1. The Hall–Kier alpha value is -1.20. The molecule has 19 heavy (non-hydrogen) atoms. The highest BCUT2D eigenvalue weighted by molar-refractivity contribution is 9.10. The first kappa shape index (κ1) is 14.2. The molecule has 0 N–H and O–H groups in total. The van der Waals surface area contributed by atoms with Crippen LogP contribution in [0, 0.1) is 5.82 Å². The summed E-state index contributed by atoms with van der Waals surface area (Å²) in [5.74, 6) is -0.311. The molecule has 0 bridgehead atoms. The molecule has 98 valence electrons. The van der Waals surface area contributed by atoms with Crippen LogP contribution in [-0.2, 0) is 0 Å². The lowest BCUT2D eigenvalue weighted by Gasteiger charge is -2.09. The van der Waals surface area contributed by atoms with Crippen molar-refractivity contribution in [2.75, 3.05) is 7.11 Å². The summed E-state index contributed by atoms with van der Waals surface area (Å²) in [5, 5.41) is 0. The lowest BCUT2D eigenvalue weighted by molar-refractivity contribution is 0.103. The van der Waals surface area contributed by atoms with Gasteiger partial charge in [0.2, 0.25) is 0 Å². The molecule has 0 unspecified atom stereocenters. The SMILES string of the molecule is COc1ccc(Br)cc1C(=O)c1cc(F)ccc1Br. The van der Waals surface area contributed by atoms with Gasteiger partial charge in [-0.2, -0.15) is 0 Å². The van der Waals surface area contributed by atoms with E-state index in [1.165, 1.54) is 25.3 Å². The number of rotatable bonds is 3. The predicted octanol–water partition coefficient (Wildman–Crippen LogP) is 4.59. The predicted molar refractivity (Wildman–Crippen MR) is 78.2 cm³/mol. The molecule has 0 radical (unpaired) electrons. The van der Waals surface area contributed by atoms with Gasteiger partial charge in [0.25, 0.3) is 0 Å². The van der Waals surface area contributed by atoms with Crippen LogP contribution in [0.3, 0.4) is 0 Å². The van der Waals surface area contributed by atoms with Crippen molar-refractivity contribution >= 4 is 37.6 Å². The number of hydrogen-bond acceptors (Lipinski definition) is 2. The third-order valence-corrected chi connectivity index (χ3v) is 3.76. The average molecular weight is 388 g/mol. The van der Waals surface area contributed by atoms with Crippen molar-refractivity contribution in [2.24, 2.45) is 0 Å². The van der Waals surface area contributed by atoms with Gasteiger partial charge in [0.15, 0.2) is 5.78 Å². The molecule has 0 aliphatic heterocycles. The zero-order valence-electron chi connectivity index (χ0n) is 9.91. The molecular formula is C14H9Br2FO2. The molecule has 0 aliphatic carbocycles. The zero-order valence-corrected chi connectivity index (χ0v) is 13.1. The fourth-order valence-corrected chi connectivity index (χ4v) is 2.46. The van der Waals surface area contributed by atoms with Crippen LogP contribution >= 0.6 is 31.9 Å². The maximum absolute atomic E-state index is 13.3. The number of hydrogen-bond donors (Lipinski definition) is 0. The molecule has 0 aliphatic rings. The van der Waals surface area contributed by atoms with Crippen molar-refractivity contribution in [1.82, 2.24) is 0 Å². The van der Waals surface area contributed by atoms with E-state index in [2.05, 4.69) is 31.9 Å². The minimum atomic E-state index is -0.458. The maximum atomic E-state index is 13.3. The van der Waals surface area contributed by atoms with E-state index in [4.69, 9.17) is 4.74 Å². The summed E-state index contributed by atoms with van der Waals surface area (Å²) in [6.07, 6.45) is 0. The van der Waals surface area contributed by atoms with Crippen molar-refractivity contribution in [1.29, 1.82) is 0 Å². The summed E-state index contributed by atoms with van der Waals surface area (Å²) in [6.45, 7) is 0. The molecule has 0 spiro atoms. The monoisotopic (exact) mass is 386 g/mol. The summed E-state index contributed by atoms with van der Waals surface area (Å²) in [6, 6.07) is 9.11. The van der Waals surface area contributed by atoms with E-state index in [1.807, 2.05) is 0 Å². The molecule has 2 aromatic rings. The second-order valence-electron chi connectivity index (χ2n) is 3.80. The molecule has 0 heterocycles. The molecule has 2 nitrogen and oxygen atoms in total. The minimum absolute atomic E-state index is 0.261. The van der Waals surface area contributed by atoms with Crippen LogP contribution in [0.25, 0.3) is 0 Å². The lowest BCUT2D eigenvalue weighted by Crippen LogP contribution is -2.05. The summed E-state index contributed by atoms with van der Waals surface area (Å²) >= 11 is 6.56. The van der Waals surface area contributed by atoms with E-state index < -0.39 is 5.82 Å². The van der Waals surface area contributed by atoms with Crippen molar-refractivity contribution in [3.05, 3.63) is 62.3 Å². The summed E-state index contributed by atoms with van der Waals surface area (Å²) in [7, 11) is 1.49. The summed E-state index contributed by atoms with van der Waals surface area (Å²) in [5.41, 5.74) is 0.638. The van der Waals surface area contributed by atoms with Gasteiger partial charge in [-0.1, -0.05) is 31.9 Å². The van der Waals surface area contributed by atoms with E-state index >= 15 is 0 Å². The molecule has 0 amide bonds. The van der Waals surface area contributed by atoms with E-state index in [0.717, 1.165) is 4.47 Å². The van der Waals surface area contributed by atoms with Gasteiger partial charge < -0.3 is 4.74 Å². The van der Waals surface area contributed by atoms with Crippen molar-refractivity contribution in [2.45, 2.75) is 0 Å². The zero-order chi connectivity index (χ0) is 14.0. The van der Waals surface area contributed by atoms with Gasteiger partial charge in [-0.05, 0) is 36.4 Å². The number of halogens is 3. The van der Waals surface area contributed by atoms with E-state index in [1.54, 1.807) is 18.2 Å². The normalized spacial score (nSPS) is 10.3. The first-order valence-electron chi connectivity index (χ1n) is 5.36. The van der Waals surface area contributed by atoms with E-state index in [-0.39, 0.29) is 11.3 Å². The highest BCUT2D eigenvalue weighted by Crippen LogP contribution is 2.28. The Morgan fingerprint density at radius 2 is 1.84 bits per heavy atom. The molecule has 0 saturated carbocycles. The molecule has 2 rings (SSSR count). The number of carbonyl (C=O) groups excluding carboxylic acids is 1. The highest BCUT2D eigenvalue weighted by Gasteiger charge is 2.18. The summed E-state index contributed by atoms with van der Waals surface area (Å²) in [4.78, 5) is 12.5. The Kier molecular flexibility index (Phi) is 4.37. The fraction of sp³-hybridized carbons (Fsp3) is 0.0714. The van der Waals surface area contributed by atoms with Gasteiger partial charge in [-0.3, -0.25) is 4.79 Å². The van der Waals surface area contributed by atoms with Gasteiger partial charge >= 0.3 is 0 Å². The molecule has 0 fully saturated rings. The number of benzene rings is 2. The second kappa shape index (κ2) is 5.84. The molecule has 0 atom stereocenters. The Labute approximate surface area is 126 Å². The highest BCUT2D eigenvalue weighted by atomic mass is 79.9. The van der Waals surface area contributed by atoms with Crippen LogP contribution in [0.2, 0.25) is 0 Å². The first-order valence-corrected chi connectivity index (χ1v) is 6.95. The largest absolute Gasteiger partial charge is 0.496 e. The number of methoxy groups -OCH3 is 1. The van der Waals surface area contributed by atoms with Gasteiger partial charge in [-0.25, -0.2) is 4.39 Å². The summed E-state index contributed by atoms with van der Waals surface area (Å²) < 4.78 is 19.7. The first-order chi connectivity index (χ1) is 9.02. The third-order valence-electron chi connectivity index (χ3n) is 2.58. The van der Waals surface area contributed by atoms with Crippen LogP contribution in [0.5, 0.6) is 5.75 Å². The van der Waals surface area contributed by atoms with Crippen molar-refractivity contribution in [3.8, 4) is 5.75 Å². The number of carbonyl (C=O) groups is 1. The van der Waals surface area contributed by atoms with Gasteiger partial charge in [0.1, 0.15) is 11.6 Å². The Morgan fingerprint density at radius 3 is 2.53 bits per heavy atom. The Balaban J connectivity index is 2.55. The molecule has 5 heteroatoms. The topological polar surface area (TPSA) is 26.3 Å². The average Bonchev–Trinajstić information content (AvgIpc) is 2.40. The third kappa shape index (κ3) is 3.04. The van der Waals surface area contributed by atoms with Crippen LogP contribution in [-0.4, -0.2) is 12.9 Å². The van der Waals surface area contributed by atoms with Crippen LogP contribution in [0.15, 0.2) is 45.3 Å². The number of ether oxygens (including phenoxy) is 1. The smallest absolute Gasteiger partial charge is 0.198 e. The van der Waals surface area contributed by atoms with Crippen LogP contribution in [0.1, 0.15) is 15.9 Å². The molecule has 2 aromatic carbocycles. The van der Waals surface area contributed by atoms with Crippen molar-refractivity contribution in [3.63, 3.8) is 0 Å². The molecular weight excluding hydrogens is 379 g/mol. The van der Waals surface area contributed by atoms with E-state index in [9.17, 15) is 9.18 Å². The fourth-order valence-electron chi connectivity index (χ4n) is 1.67.